The summed E-state index contributed by atoms with van der Waals surface area (Å²) < 4.78 is 29.8. The average Bonchev–Trinajstić information content (AvgIpc) is 2.57. The first-order valence-electron chi connectivity index (χ1n) is 7.61. The minimum absolute atomic E-state index is 0. The Labute approximate surface area is 146 Å². The van der Waals surface area contributed by atoms with Crippen LogP contribution in [0.2, 0.25) is 0 Å². The van der Waals surface area contributed by atoms with E-state index in [1.165, 1.54) is 0 Å². The van der Waals surface area contributed by atoms with E-state index in [1.54, 1.807) is 18.3 Å². The lowest BCUT2D eigenvalue weighted by Gasteiger charge is -2.36. The summed E-state index contributed by atoms with van der Waals surface area (Å²) in [6.45, 7) is 0.263. The van der Waals surface area contributed by atoms with E-state index >= 15 is 0 Å². The summed E-state index contributed by atoms with van der Waals surface area (Å²) in [4.78, 5) is 6.45. The number of nitrogens with zero attached hydrogens (tertiary/aromatic N) is 2. The Morgan fingerprint density at radius 3 is 2.83 bits per heavy atom. The fraction of sp³-hybridized carbons (Fsp3) is 0.353. The maximum absolute atomic E-state index is 12.6. The number of halogens is 3. The van der Waals surface area contributed by atoms with Gasteiger partial charge in [0, 0.05) is 50.2 Å². The molecule has 0 saturated carbocycles. The van der Waals surface area contributed by atoms with E-state index in [1.807, 2.05) is 30.5 Å². The Morgan fingerprint density at radius 2 is 2.08 bits per heavy atom. The van der Waals surface area contributed by atoms with E-state index in [4.69, 9.17) is 0 Å². The number of pyridine rings is 1. The van der Waals surface area contributed by atoms with Crippen LogP contribution in [0.1, 0.15) is 17.2 Å². The van der Waals surface area contributed by atoms with Crippen molar-refractivity contribution in [3.8, 4) is 5.75 Å². The Kier molecular flexibility index (Phi) is 6.90. The number of nitrogens with one attached hydrogen (secondary N) is 1. The highest BCUT2D eigenvalue weighted by molar-refractivity contribution is 5.85. The van der Waals surface area contributed by atoms with Crippen LogP contribution in [-0.2, 0) is 6.54 Å². The van der Waals surface area contributed by atoms with Crippen molar-refractivity contribution in [3.05, 3.63) is 59.9 Å². The molecule has 1 aromatic heterocycles. The zero-order chi connectivity index (χ0) is 16.1. The molecule has 0 bridgehead atoms. The molecule has 3 rings (SSSR count). The lowest BCUT2D eigenvalue weighted by molar-refractivity contribution is -0.0509. The van der Waals surface area contributed by atoms with Gasteiger partial charge >= 0.3 is 6.61 Å². The molecule has 1 unspecified atom stereocenters. The quantitative estimate of drug-likeness (QED) is 0.893. The van der Waals surface area contributed by atoms with Crippen molar-refractivity contribution in [1.82, 2.24) is 15.2 Å². The zero-order valence-corrected chi connectivity index (χ0v) is 13.9. The molecular weight excluding hydrogens is 336 g/mol. The molecule has 0 spiro atoms. The first kappa shape index (κ1) is 18.6. The molecule has 7 heteroatoms. The molecule has 2 heterocycles. The van der Waals surface area contributed by atoms with Gasteiger partial charge in [0.2, 0.25) is 0 Å². The smallest absolute Gasteiger partial charge is 0.387 e. The summed E-state index contributed by atoms with van der Waals surface area (Å²) in [5, 5.41) is 3.38. The Bertz CT molecular complexity index is 630. The lowest BCUT2D eigenvalue weighted by atomic mass is 10.0. The molecule has 1 N–H and O–H groups in total. The summed E-state index contributed by atoms with van der Waals surface area (Å²) >= 11 is 0. The average molecular weight is 356 g/mol. The second-order valence-corrected chi connectivity index (χ2v) is 5.46. The van der Waals surface area contributed by atoms with Gasteiger partial charge in [-0.2, -0.15) is 8.78 Å². The van der Waals surface area contributed by atoms with Crippen LogP contribution in [-0.4, -0.2) is 36.1 Å². The molecule has 0 radical (unpaired) electrons. The normalized spacial score (nSPS) is 18.2. The van der Waals surface area contributed by atoms with Crippen LogP contribution in [0.25, 0.3) is 0 Å². The second kappa shape index (κ2) is 8.92. The predicted molar refractivity (Wildman–Crippen MR) is 90.6 cm³/mol. The number of aromatic nitrogens is 1. The molecule has 1 aliphatic heterocycles. The number of alkyl halides is 2. The third-order valence-electron chi connectivity index (χ3n) is 3.99. The molecule has 2 aromatic rings. The van der Waals surface area contributed by atoms with Crippen LogP contribution in [0.5, 0.6) is 5.75 Å². The SMILES string of the molecule is Cl.FC(F)Oc1ccccc1CN1CCNCC1c1cccnc1. The van der Waals surface area contributed by atoms with Crippen molar-refractivity contribution in [2.45, 2.75) is 19.2 Å². The van der Waals surface area contributed by atoms with Crippen molar-refractivity contribution in [3.63, 3.8) is 0 Å². The van der Waals surface area contributed by atoms with E-state index in [-0.39, 0.29) is 24.2 Å². The summed E-state index contributed by atoms with van der Waals surface area (Å²) in [7, 11) is 0. The first-order chi connectivity index (χ1) is 11.2. The number of rotatable bonds is 5. The van der Waals surface area contributed by atoms with Crippen molar-refractivity contribution in [2.24, 2.45) is 0 Å². The van der Waals surface area contributed by atoms with Crippen LogP contribution < -0.4 is 10.1 Å². The topological polar surface area (TPSA) is 37.4 Å². The van der Waals surface area contributed by atoms with Crippen LogP contribution in [0.15, 0.2) is 48.8 Å². The Hall–Kier alpha value is -1.76. The standard InChI is InChI=1S/C17H19F2N3O.ClH/c18-17(19)23-16-6-2-1-4-14(16)12-22-9-8-21-11-15(22)13-5-3-7-20-10-13;/h1-7,10,15,17,21H,8-9,11-12H2;1H. The van der Waals surface area contributed by atoms with Crippen molar-refractivity contribution in [1.29, 1.82) is 0 Å². The minimum Gasteiger partial charge on any atom is -0.434 e. The number of piperazine rings is 1. The van der Waals surface area contributed by atoms with Crippen LogP contribution >= 0.6 is 12.4 Å². The maximum atomic E-state index is 12.6. The van der Waals surface area contributed by atoms with Crippen molar-refractivity contribution < 1.29 is 13.5 Å². The van der Waals surface area contributed by atoms with Crippen molar-refractivity contribution >= 4 is 12.4 Å². The number of para-hydroxylation sites is 1. The first-order valence-corrected chi connectivity index (χ1v) is 7.61. The van der Waals surface area contributed by atoms with Crippen molar-refractivity contribution in [2.75, 3.05) is 19.6 Å². The van der Waals surface area contributed by atoms with E-state index in [0.29, 0.717) is 6.54 Å². The van der Waals surface area contributed by atoms with Gasteiger partial charge < -0.3 is 10.1 Å². The molecular formula is C17H20ClF2N3O. The molecule has 1 saturated heterocycles. The molecule has 0 amide bonds. The molecule has 1 aromatic carbocycles. The second-order valence-electron chi connectivity index (χ2n) is 5.46. The van der Waals surface area contributed by atoms with Gasteiger partial charge in [0.15, 0.2) is 0 Å². The van der Waals surface area contributed by atoms with Gasteiger partial charge in [-0.15, -0.1) is 12.4 Å². The third-order valence-corrected chi connectivity index (χ3v) is 3.99. The summed E-state index contributed by atoms with van der Waals surface area (Å²) in [6, 6.07) is 11.1. The van der Waals surface area contributed by atoms with Crippen LogP contribution in [0.4, 0.5) is 8.78 Å². The largest absolute Gasteiger partial charge is 0.434 e. The molecule has 130 valence electrons. The number of hydrogen-bond acceptors (Lipinski definition) is 4. The van der Waals surface area contributed by atoms with Gasteiger partial charge in [-0.1, -0.05) is 24.3 Å². The summed E-state index contributed by atoms with van der Waals surface area (Å²) in [5.74, 6) is 0.242. The molecule has 1 atom stereocenters. The highest BCUT2D eigenvalue weighted by Gasteiger charge is 2.25. The minimum atomic E-state index is -2.81. The molecule has 4 nitrogen and oxygen atoms in total. The Morgan fingerprint density at radius 1 is 1.25 bits per heavy atom. The number of benzene rings is 1. The molecule has 24 heavy (non-hydrogen) atoms. The van der Waals surface area contributed by atoms with Gasteiger partial charge in [0.25, 0.3) is 0 Å². The van der Waals surface area contributed by atoms with E-state index in [9.17, 15) is 8.78 Å². The van der Waals surface area contributed by atoms with Gasteiger partial charge in [-0.3, -0.25) is 9.88 Å². The fourth-order valence-corrected chi connectivity index (χ4v) is 2.90. The van der Waals surface area contributed by atoms with Crippen LogP contribution in [0, 0.1) is 0 Å². The van der Waals surface area contributed by atoms with E-state index in [2.05, 4.69) is 19.9 Å². The molecule has 1 fully saturated rings. The third kappa shape index (κ3) is 4.63. The van der Waals surface area contributed by atoms with Gasteiger partial charge in [-0.05, 0) is 17.7 Å². The van der Waals surface area contributed by atoms with E-state index < -0.39 is 6.61 Å². The lowest BCUT2D eigenvalue weighted by Crippen LogP contribution is -2.45. The van der Waals surface area contributed by atoms with Gasteiger partial charge in [0.05, 0.1) is 0 Å². The molecule has 1 aliphatic rings. The summed E-state index contributed by atoms with van der Waals surface area (Å²) in [6.07, 6.45) is 3.60. The number of ether oxygens (including phenoxy) is 1. The highest BCUT2D eigenvalue weighted by atomic mass is 35.5. The van der Waals surface area contributed by atoms with Gasteiger partial charge in [-0.25, -0.2) is 0 Å². The summed E-state index contributed by atoms with van der Waals surface area (Å²) in [5.41, 5.74) is 1.88. The molecule has 0 aliphatic carbocycles. The van der Waals surface area contributed by atoms with Gasteiger partial charge in [0.1, 0.15) is 5.75 Å². The maximum Gasteiger partial charge on any atom is 0.387 e. The Balaban J connectivity index is 0.00000208. The number of hydrogen-bond donors (Lipinski definition) is 1. The van der Waals surface area contributed by atoms with E-state index in [0.717, 1.165) is 30.8 Å². The fourth-order valence-electron chi connectivity index (χ4n) is 2.90. The highest BCUT2D eigenvalue weighted by Crippen LogP contribution is 2.27. The monoisotopic (exact) mass is 355 g/mol. The zero-order valence-electron chi connectivity index (χ0n) is 13.1. The van der Waals surface area contributed by atoms with Crippen LogP contribution in [0.3, 0.4) is 0 Å². The predicted octanol–water partition coefficient (Wildman–Crippen LogP) is 3.25.